The molecule has 0 amide bonds. The zero-order chi connectivity index (χ0) is 18.0. The number of carbonyl (C=O) groups is 1. The number of aromatic carboxylic acids is 1. The molecule has 25 heavy (non-hydrogen) atoms. The lowest BCUT2D eigenvalue weighted by atomic mass is 10.1. The van der Waals surface area contributed by atoms with Crippen LogP contribution in [0.3, 0.4) is 0 Å². The molecule has 0 fully saturated rings. The highest BCUT2D eigenvalue weighted by atomic mass is 35.5. The number of halogens is 1. The fourth-order valence-corrected chi connectivity index (χ4v) is 2.72. The summed E-state index contributed by atoms with van der Waals surface area (Å²) in [5.74, 6) is -0.340. The highest BCUT2D eigenvalue weighted by Gasteiger charge is 2.26. The van der Waals surface area contributed by atoms with Crippen LogP contribution in [0.15, 0.2) is 42.3 Å². The maximum absolute atomic E-state index is 11.2. The van der Waals surface area contributed by atoms with Gasteiger partial charge in [-0.25, -0.2) is 4.79 Å². The molecule has 130 valence electrons. The minimum Gasteiger partial charge on any atom is -0.507 e. The number of phenols is 1. The maximum atomic E-state index is 11.2. The predicted octanol–water partition coefficient (Wildman–Crippen LogP) is 3.59. The summed E-state index contributed by atoms with van der Waals surface area (Å²) in [6, 6.07) is 9.69. The molecule has 0 aliphatic carbocycles. The molecule has 3 rings (SSSR count). The Balaban J connectivity index is 1.99. The van der Waals surface area contributed by atoms with Crippen molar-refractivity contribution in [3.05, 3.63) is 58.4 Å². The number of ether oxygens (including phenoxy) is 2. The van der Waals surface area contributed by atoms with E-state index in [4.69, 9.17) is 26.2 Å². The first-order valence-corrected chi connectivity index (χ1v) is 7.89. The van der Waals surface area contributed by atoms with E-state index in [-0.39, 0.29) is 11.3 Å². The molecule has 2 aromatic rings. The molecule has 0 atom stereocenters. The minimum absolute atomic E-state index is 0.170. The Labute approximate surface area is 149 Å². The van der Waals surface area contributed by atoms with E-state index in [1.54, 1.807) is 31.4 Å². The summed E-state index contributed by atoms with van der Waals surface area (Å²) in [4.78, 5) is 13.1. The SMILES string of the molecule is COCCN1/C(=C/c2ccc(O)c(C(=O)O)c2)Oc2cc(Cl)ccc21. The summed E-state index contributed by atoms with van der Waals surface area (Å²) in [6.45, 7) is 1.04. The van der Waals surface area contributed by atoms with Crippen molar-refractivity contribution in [1.82, 2.24) is 0 Å². The fraction of sp³-hybridized carbons (Fsp3) is 0.167. The number of rotatable bonds is 5. The number of methoxy groups -OCH3 is 1. The van der Waals surface area contributed by atoms with E-state index in [0.29, 0.717) is 35.4 Å². The Morgan fingerprint density at radius 2 is 2.12 bits per heavy atom. The molecule has 1 aliphatic rings. The van der Waals surface area contributed by atoms with Crippen molar-refractivity contribution in [3.63, 3.8) is 0 Å². The van der Waals surface area contributed by atoms with Gasteiger partial charge in [-0.3, -0.25) is 0 Å². The summed E-state index contributed by atoms with van der Waals surface area (Å²) in [7, 11) is 1.61. The molecule has 7 heteroatoms. The van der Waals surface area contributed by atoms with E-state index >= 15 is 0 Å². The van der Waals surface area contributed by atoms with E-state index < -0.39 is 5.97 Å². The average Bonchev–Trinajstić information content (AvgIpc) is 2.90. The average molecular weight is 362 g/mol. The molecule has 0 saturated heterocycles. The molecule has 1 heterocycles. The highest BCUT2D eigenvalue weighted by Crippen LogP contribution is 2.41. The van der Waals surface area contributed by atoms with Gasteiger partial charge in [0.05, 0.1) is 12.3 Å². The highest BCUT2D eigenvalue weighted by molar-refractivity contribution is 6.30. The van der Waals surface area contributed by atoms with Crippen molar-refractivity contribution in [2.45, 2.75) is 0 Å². The van der Waals surface area contributed by atoms with Crippen molar-refractivity contribution >= 4 is 29.3 Å². The van der Waals surface area contributed by atoms with Crippen LogP contribution in [0.2, 0.25) is 5.02 Å². The second kappa shape index (κ2) is 7.04. The molecular weight excluding hydrogens is 346 g/mol. The lowest BCUT2D eigenvalue weighted by molar-refractivity contribution is 0.0693. The number of nitrogens with zero attached hydrogens (tertiary/aromatic N) is 1. The first-order chi connectivity index (χ1) is 12.0. The molecule has 0 unspecified atom stereocenters. The smallest absolute Gasteiger partial charge is 0.339 e. The number of anilines is 1. The minimum atomic E-state index is -1.20. The van der Waals surface area contributed by atoms with Gasteiger partial charge in [-0.15, -0.1) is 0 Å². The largest absolute Gasteiger partial charge is 0.507 e. The van der Waals surface area contributed by atoms with Gasteiger partial charge >= 0.3 is 5.97 Å². The van der Waals surface area contributed by atoms with Crippen molar-refractivity contribution in [2.75, 3.05) is 25.2 Å². The van der Waals surface area contributed by atoms with Crippen LogP contribution in [0.25, 0.3) is 6.08 Å². The molecule has 0 saturated carbocycles. The molecule has 0 radical (unpaired) electrons. The zero-order valence-electron chi connectivity index (χ0n) is 13.4. The van der Waals surface area contributed by atoms with Gasteiger partial charge in [0.2, 0.25) is 5.88 Å². The second-order valence-electron chi connectivity index (χ2n) is 5.42. The van der Waals surface area contributed by atoms with Crippen LogP contribution in [0.4, 0.5) is 5.69 Å². The van der Waals surface area contributed by atoms with Gasteiger partial charge in [-0.2, -0.15) is 0 Å². The molecule has 0 bridgehead atoms. The molecule has 1 aliphatic heterocycles. The number of carboxylic acids is 1. The lowest BCUT2D eigenvalue weighted by Crippen LogP contribution is -2.24. The quantitative estimate of drug-likeness (QED) is 0.847. The van der Waals surface area contributed by atoms with E-state index in [9.17, 15) is 9.90 Å². The van der Waals surface area contributed by atoms with Gasteiger partial charge in [0.15, 0.2) is 5.75 Å². The molecular formula is C18H16ClNO5. The third kappa shape index (κ3) is 3.55. The second-order valence-corrected chi connectivity index (χ2v) is 5.86. The van der Waals surface area contributed by atoms with Crippen LogP contribution in [0, 0.1) is 0 Å². The Bertz CT molecular complexity index is 849. The molecule has 0 aromatic heterocycles. The summed E-state index contributed by atoms with van der Waals surface area (Å²) < 4.78 is 11.0. The molecule has 6 nitrogen and oxygen atoms in total. The summed E-state index contributed by atoms with van der Waals surface area (Å²) >= 11 is 6.02. The first-order valence-electron chi connectivity index (χ1n) is 7.51. The third-order valence-electron chi connectivity index (χ3n) is 3.75. The van der Waals surface area contributed by atoms with Crippen LogP contribution < -0.4 is 9.64 Å². The Kier molecular flexibility index (Phi) is 4.83. The topological polar surface area (TPSA) is 79.2 Å². The van der Waals surface area contributed by atoms with Gasteiger partial charge in [0.25, 0.3) is 0 Å². The third-order valence-corrected chi connectivity index (χ3v) is 3.99. The van der Waals surface area contributed by atoms with Crippen LogP contribution in [-0.4, -0.2) is 36.4 Å². The normalized spacial score (nSPS) is 14.5. The van der Waals surface area contributed by atoms with Crippen molar-refractivity contribution < 1.29 is 24.5 Å². The number of carboxylic acid groups (broad SMARTS) is 1. The first kappa shape index (κ1) is 17.1. The van der Waals surface area contributed by atoms with Gasteiger partial charge in [0.1, 0.15) is 11.3 Å². The number of fused-ring (bicyclic) bond motifs is 1. The summed E-state index contributed by atoms with van der Waals surface area (Å²) in [6.07, 6.45) is 1.70. The number of hydrogen-bond acceptors (Lipinski definition) is 5. The molecule has 2 aromatic carbocycles. The van der Waals surface area contributed by atoms with E-state index in [0.717, 1.165) is 5.69 Å². The van der Waals surface area contributed by atoms with E-state index in [1.165, 1.54) is 12.1 Å². The Hall–Kier alpha value is -2.70. The fourth-order valence-electron chi connectivity index (χ4n) is 2.56. The number of benzene rings is 2. The van der Waals surface area contributed by atoms with Crippen LogP contribution in [0.5, 0.6) is 11.5 Å². The predicted molar refractivity (Wildman–Crippen MR) is 94.3 cm³/mol. The van der Waals surface area contributed by atoms with Gasteiger partial charge in [0, 0.05) is 30.8 Å². The Morgan fingerprint density at radius 1 is 1.32 bits per heavy atom. The lowest BCUT2D eigenvalue weighted by Gasteiger charge is -2.18. The van der Waals surface area contributed by atoms with Crippen LogP contribution in [0.1, 0.15) is 15.9 Å². The standard InChI is InChI=1S/C18H16ClNO5/c1-24-7-6-20-14-4-3-12(19)10-16(14)25-17(20)9-11-2-5-15(21)13(8-11)18(22)23/h2-5,8-10,21H,6-7H2,1H3,(H,22,23)/b17-9-. The van der Waals surface area contributed by atoms with Crippen molar-refractivity contribution in [2.24, 2.45) is 0 Å². The van der Waals surface area contributed by atoms with E-state index in [1.807, 2.05) is 11.0 Å². The summed E-state index contributed by atoms with van der Waals surface area (Å²) in [5, 5.41) is 19.3. The van der Waals surface area contributed by atoms with Crippen molar-refractivity contribution in [1.29, 1.82) is 0 Å². The zero-order valence-corrected chi connectivity index (χ0v) is 14.2. The van der Waals surface area contributed by atoms with Gasteiger partial charge < -0.3 is 24.6 Å². The van der Waals surface area contributed by atoms with Gasteiger partial charge in [-0.1, -0.05) is 17.7 Å². The Morgan fingerprint density at radius 3 is 2.84 bits per heavy atom. The van der Waals surface area contributed by atoms with E-state index in [2.05, 4.69) is 0 Å². The number of aromatic hydroxyl groups is 1. The monoisotopic (exact) mass is 361 g/mol. The molecule has 2 N–H and O–H groups in total. The van der Waals surface area contributed by atoms with Crippen LogP contribution in [-0.2, 0) is 4.74 Å². The maximum Gasteiger partial charge on any atom is 0.339 e. The van der Waals surface area contributed by atoms with Gasteiger partial charge in [-0.05, 0) is 29.8 Å². The summed E-state index contributed by atoms with van der Waals surface area (Å²) in [5.41, 5.74) is 1.27. The van der Waals surface area contributed by atoms with Crippen molar-refractivity contribution in [3.8, 4) is 11.5 Å². The molecule has 0 spiro atoms. The van der Waals surface area contributed by atoms with Crippen LogP contribution >= 0.6 is 11.6 Å². The number of hydrogen-bond donors (Lipinski definition) is 2.